The van der Waals surface area contributed by atoms with Gasteiger partial charge in [-0.1, -0.05) is 0 Å². The zero-order valence-corrected chi connectivity index (χ0v) is 6.49. The van der Waals surface area contributed by atoms with Gasteiger partial charge in [0.25, 0.3) is 0 Å². The van der Waals surface area contributed by atoms with Crippen molar-refractivity contribution < 1.29 is 30.5 Å². The molecule has 1 N–H and O–H groups in total. The quantitative estimate of drug-likeness (QED) is 0.564. The number of halogens is 4. The monoisotopic (exact) mass is 210 g/mol. The van der Waals surface area contributed by atoms with Crippen molar-refractivity contribution in [3.8, 4) is 0 Å². The van der Waals surface area contributed by atoms with E-state index in [2.05, 4.69) is 4.18 Å². The lowest BCUT2D eigenvalue weighted by molar-refractivity contribution is -0.148. The van der Waals surface area contributed by atoms with Crippen molar-refractivity contribution in [1.82, 2.24) is 0 Å². The molecule has 0 saturated carbocycles. The standard InChI is InChI=1S/C4H6F4O3S/c5-3(1-4(6,7)8)2-11-12(9)10/h3H,1-2H2,(H,9,10). The zero-order valence-electron chi connectivity index (χ0n) is 5.68. The SMILES string of the molecule is O=S(O)OCC(F)CC(F)(F)F. The molecule has 0 aromatic carbocycles. The Morgan fingerprint density at radius 3 is 2.33 bits per heavy atom. The predicted octanol–water partition coefficient (Wildman–Crippen LogP) is 1.43. The van der Waals surface area contributed by atoms with Crippen LogP contribution < -0.4 is 0 Å². The van der Waals surface area contributed by atoms with Crippen molar-refractivity contribution in [2.45, 2.75) is 18.8 Å². The van der Waals surface area contributed by atoms with E-state index in [-0.39, 0.29) is 0 Å². The Labute approximate surface area is 68.2 Å². The summed E-state index contributed by atoms with van der Waals surface area (Å²) in [5.74, 6) is 0. The maximum absolute atomic E-state index is 12.2. The smallest absolute Gasteiger partial charge is 0.284 e. The van der Waals surface area contributed by atoms with Gasteiger partial charge in [0.1, 0.15) is 6.17 Å². The molecule has 12 heavy (non-hydrogen) atoms. The van der Waals surface area contributed by atoms with Gasteiger partial charge in [-0.25, -0.2) is 4.39 Å². The lowest BCUT2D eigenvalue weighted by Gasteiger charge is -2.09. The third-order valence-corrected chi connectivity index (χ3v) is 1.14. The van der Waals surface area contributed by atoms with Gasteiger partial charge in [0.05, 0.1) is 13.0 Å². The minimum Gasteiger partial charge on any atom is -0.284 e. The van der Waals surface area contributed by atoms with Crippen LogP contribution in [-0.4, -0.2) is 27.7 Å². The van der Waals surface area contributed by atoms with Crippen LogP contribution in [0.4, 0.5) is 17.6 Å². The van der Waals surface area contributed by atoms with Gasteiger partial charge in [0, 0.05) is 0 Å². The van der Waals surface area contributed by atoms with Crippen LogP contribution in [0.2, 0.25) is 0 Å². The first-order valence-corrected chi connectivity index (χ1v) is 3.79. The van der Waals surface area contributed by atoms with E-state index in [1.165, 1.54) is 0 Å². The van der Waals surface area contributed by atoms with Crippen molar-refractivity contribution >= 4 is 11.4 Å². The minimum absolute atomic E-state index is 1.04. The molecule has 0 aliphatic carbocycles. The molecule has 8 heteroatoms. The molecule has 0 aromatic heterocycles. The average Bonchev–Trinajstić information content (AvgIpc) is 1.79. The first kappa shape index (κ1) is 11.8. The summed E-state index contributed by atoms with van der Waals surface area (Å²) in [6.07, 6.45) is -8.61. The van der Waals surface area contributed by atoms with Crippen LogP contribution in [0.3, 0.4) is 0 Å². The maximum atomic E-state index is 12.2. The molecule has 0 rings (SSSR count). The zero-order chi connectivity index (χ0) is 9.78. The summed E-state index contributed by atoms with van der Waals surface area (Å²) < 4.78 is 67.7. The highest BCUT2D eigenvalue weighted by Gasteiger charge is 2.32. The number of hydrogen-bond acceptors (Lipinski definition) is 2. The van der Waals surface area contributed by atoms with E-state index in [0.717, 1.165) is 0 Å². The predicted molar refractivity (Wildman–Crippen MR) is 32.3 cm³/mol. The van der Waals surface area contributed by atoms with E-state index in [9.17, 15) is 21.8 Å². The number of hydrogen-bond donors (Lipinski definition) is 1. The van der Waals surface area contributed by atoms with E-state index in [0.29, 0.717) is 0 Å². The first-order chi connectivity index (χ1) is 5.31. The molecule has 0 saturated heterocycles. The molecule has 0 aliphatic rings. The van der Waals surface area contributed by atoms with Crippen LogP contribution in [-0.2, 0) is 15.5 Å². The Kier molecular flexibility index (Phi) is 4.64. The normalized spacial score (nSPS) is 17.4. The Bertz CT molecular complexity index is 159. The van der Waals surface area contributed by atoms with E-state index < -0.39 is 36.7 Å². The van der Waals surface area contributed by atoms with Gasteiger partial charge in [-0.05, 0) is 0 Å². The first-order valence-electron chi connectivity index (χ1n) is 2.76. The van der Waals surface area contributed by atoms with Crippen LogP contribution in [0.1, 0.15) is 6.42 Å². The van der Waals surface area contributed by atoms with E-state index >= 15 is 0 Å². The van der Waals surface area contributed by atoms with Gasteiger partial charge in [0.15, 0.2) is 0 Å². The summed E-state index contributed by atoms with van der Waals surface area (Å²) in [6.45, 7) is -1.04. The fourth-order valence-electron chi connectivity index (χ4n) is 0.442. The molecule has 0 spiro atoms. The Balaban J connectivity index is 3.60. The van der Waals surface area contributed by atoms with Crippen molar-refractivity contribution in [2.75, 3.05) is 6.61 Å². The highest BCUT2D eigenvalue weighted by molar-refractivity contribution is 7.74. The van der Waals surface area contributed by atoms with Crippen LogP contribution in [0.15, 0.2) is 0 Å². The molecule has 3 nitrogen and oxygen atoms in total. The molecule has 74 valence electrons. The van der Waals surface area contributed by atoms with Crippen molar-refractivity contribution in [1.29, 1.82) is 0 Å². The maximum Gasteiger partial charge on any atom is 0.391 e. The molecule has 0 aliphatic heterocycles. The summed E-state index contributed by atoms with van der Waals surface area (Å²) in [6, 6.07) is 0. The van der Waals surface area contributed by atoms with Gasteiger partial charge >= 0.3 is 17.5 Å². The second-order valence-electron chi connectivity index (χ2n) is 1.92. The van der Waals surface area contributed by atoms with Gasteiger partial charge in [-0.2, -0.15) is 17.4 Å². The van der Waals surface area contributed by atoms with Crippen LogP contribution in [0, 0.1) is 0 Å². The Morgan fingerprint density at radius 1 is 1.50 bits per heavy atom. The Hall–Kier alpha value is -0.210. The molecule has 0 fully saturated rings. The molecule has 2 atom stereocenters. The van der Waals surface area contributed by atoms with Crippen molar-refractivity contribution in [2.24, 2.45) is 0 Å². The molecule has 0 amide bonds. The molecule has 0 aromatic rings. The number of alkyl halides is 4. The molecule has 0 bridgehead atoms. The lowest BCUT2D eigenvalue weighted by Crippen LogP contribution is -2.20. The Morgan fingerprint density at radius 2 is 2.00 bits per heavy atom. The van der Waals surface area contributed by atoms with Gasteiger partial charge in [0.2, 0.25) is 0 Å². The second kappa shape index (κ2) is 4.73. The van der Waals surface area contributed by atoms with E-state index in [4.69, 9.17) is 4.55 Å². The van der Waals surface area contributed by atoms with E-state index in [1.54, 1.807) is 0 Å². The fraction of sp³-hybridized carbons (Fsp3) is 1.00. The number of rotatable bonds is 4. The van der Waals surface area contributed by atoms with Crippen molar-refractivity contribution in [3.63, 3.8) is 0 Å². The topological polar surface area (TPSA) is 46.5 Å². The van der Waals surface area contributed by atoms with Crippen LogP contribution in [0.25, 0.3) is 0 Å². The summed E-state index contributed by atoms with van der Waals surface area (Å²) in [7, 11) is 0. The molecule has 2 unspecified atom stereocenters. The van der Waals surface area contributed by atoms with Gasteiger partial charge in [-0.3, -0.25) is 8.74 Å². The van der Waals surface area contributed by atoms with Crippen LogP contribution in [0.5, 0.6) is 0 Å². The van der Waals surface area contributed by atoms with Crippen LogP contribution >= 0.6 is 0 Å². The summed E-state index contributed by atoms with van der Waals surface area (Å²) in [5.41, 5.74) is 0. The third-order valence-electron chi connectivity index (χ3n) is 0.803. The minimum atomic E-state index is -4.63. The summed E-state index contributed by atoms with van der Waals surface area (Å²) in [5, 5.41) is 0. The summed E-state index contributed by atoms with van der Waals surface area (Å²) >= 11 is -2.72. The molecular weight excluding hydrogens is 204 g/mol. The second-order valence-corrected chi connectivity index (χ2v) is 2.59. The van der Waals surface area contributed by atoms with E-state index in [1.807, 2.05) is 0 Å². The highest BCUT2D eigenvalue weighted by atomic mass is 32.2. The molecule has 0 heterocycles. The van der Waals surface area contributed by atoms with Gasteiger partial charge < -0.3 is 0 Å². The summed E-state index contributed by atoms with van der Waals surface area (Å²) in [4.78, 5) is 0. The van der Waals surface area contributed by atoms with Crippen molar-refractivity contribution in [3.05, 3.63) is 0 Å². The highest BCUT2D eigenvalue weighted by Crippen LogP contribution is 2.22. The molecular formula is C4H6F4O3S. The lowest BCUT2D eigenvalue weighted by atomic mass is 10.3. The van der Waals surface area contributed by atoms with Gasteiger partial charge in [-0.15, -0.1) is 0 Å². The third kappa shape index (κ3) is 7.89. The molecule has 0 radical (unpaired) electrons. The largest absolute Gasteiger partial charge is 0.391 e. The average molecular weight is 210 g/mol. The fourth-order valence-corrected chi connectivity index (χ4v) is 0.706.